The van der Waals surface area contributed by atoms with Crippen molar-refractivity contribution < 1.29 is 44.9 Å². The number of unbranched alkanes of at least 4 members (excludes halogenated alkanes) is 11. The van der Waals surface area contributed by atoms with Gasteiger partial charge in [0.2, 0.25) is 5.91 Å². The number of hydrogen-bond donors (Lipinski definition) is 7. The van der Waals surface area contributed by atoms with E-state index in [1.807, 2.05) is 44.2 Å². The number of aliphatic hydroxyl groups is 6. The summed E-state index contributed by atoms with van der Waals surface area (Å²) in [4.78, 5) is 13.7. The standard InChI is InChI=1S/C36H63NO9/c1-4-6-7-8-9-10-11-12-13-14-15-19-22-28(39)31(40)27(24-45-36-34(43)33(42)32(41)29(23-38)46-36)37-35(44)30(25(3)5-2)26-20-17-16-18-21-26/h16-18,20-21,25,27-34,36,38-43H,4-15,19,22-24H2,1-3H3,(H,37,44). The van der Waals surface area contributed by atoms with Crippen molar-refractivity contribution in [1.82, 2.24) is 5.32 Å². The molecule has 1 aliphatic heterocycles. The van der Waals surface area contributed by atoms with Crippen molar-refractivity contribution in [2.45, 2.75) is 166 Å². The lowest BCUT2D eigenvalue weighted by Crippen LogP contribution is -2.60. The smallest absolute Gasteiger partial charge is 0.228 e. The molecule has 2 rings (SSSR count). The van der Waals surface area contributed by atoms with Gasteiger partial charge in [0.25, 0.3) is 0 Å². The van der Waals surface area contributed by atoms with Crippen LogP contribution < -0.4 is 5.32 Å². The van der Waals surface area contributed by atoms with E-state index in [4.69, 9.17) is 9.47 Å². The number of hydrogen-bond acceptors (Lipinski definition) is 9. The van der Waals surface area contributed by atoms with Gasteiger partial charge in [0, 0.05) is 0 Å². The van der Waals surface area contributed by atoms with Crippen molar-refractivity contribution >= 4 is 5.91 Å². The topological polar surface area (TPSA) is 169 Å². The maximum Gasteiger partial charge on any atom is 0.228 e. The summed E-state index contributed by atoms with van der Waals surface area (Å²) < 4.78 is 11.2. The highest BCUT2D eigenvalue weighted by molar-refractivity contribution is 5.84. The van der Waals surface area contributed by atoms with Crippen molar-refractivity contribution in [3.8, 4) is 0 Å². The molecule has 1 fully saturated rings. The molecule has 0 aliphatic carbocycles. The van der Waals surface area contributed by atoms with Crippen LogP contribution in [0, 0.1) is 5.92 Å². The van der Waals surface area contributed by atoms with Gasteiger partial charge in [-0.05, 0) is 17.9 Å². The first-order valence-electron chi connectivity index (χ1n) is 17.8. The maximum atomic E-state index is 13.7. The van der Waals surface area contributed by atoms with Crippen LogP contribution in [0.25, 0.3) is 0 Å². The average Bonchev–Trinajstić information content (AvgIpc) is 3.06. The Morgan fingerprint density at radius 3 is 1.96 bits per heavy atom. The number of carbonyl (C=O) groups is 1. The zero-order chi connectivity index (χ0) is 33.9. The van der Waals surface area contributed by atoms with Gasteiger partial charge in [0.05, 0.1) is 31.3 Å². The molecule has 0 spiro atoms. The Morgan fingerprint density at radius 2 is 1.41 bits per heavy atom. The summed E-state index contributed by atoms with van der Waals surface area (Å²) in [5.74, 6) is -0.862. The summed E-state index contributed by atoms with van der Waals surface area (Å²) in [6, 6.07) is 8.31. The molecule has 0 radical (unpaired) electrons. The second-order valence-electron chi connectivity index (χ2n) is 13.2. The summed E-state index contributed by atoms with van der Waals surface area (Å²) >= 11 is 0. The van der Waals surface area contributed by atoms with Gasteiger partial charge < -0.3 is 45.4 Å². The molecule has 10 atom stereocenters. The van der Waals surface area contributed by atoms with Crippen molar-refractivity contribution in [2.24, 2.45) is 5.92 Å². The molecule has 0 aromatic heterocycles. The Bertz CT molecular complexity index is 920. The van der Waals surface area contributed by atoms with Crippen LogP contribution in [-0.2, 0) is 14.3 Å². The Hall–Kier alpha value is -1.63. The van der Waals surface area contributed by atoms with Crippen LogP contribution in [0.3, 0.4) is 0 Å². The largest absolute Gasteiger partial charge is 0.394 e. The van der Waals surface area contributed by atoms with Gasteiger partial charge in [0.15, 0.2) is 6.29 Å². The highest BCUT2D eigenvalue weighted by Gasteiger charge is 2.44. The Kier molecular flexibility index (Phi) is 20.1. The Balaban J connectivity index is 1.99. The first kappa shape index (κ1) is 40.5. The number of amides is 1. The molecule has 10 nitrogen and oxygen atoms in total. The van der Waals surface area contributed by atoms with E-state index in [0.717, 1.165) is 37.7 Å². The van der Waals surface area contributed by atoms with E-state index in [1.165, 1.54) is 51.4 Å². The van der Waals surface area contributed by atoms with Crippen molar-refractivity contribution in [3.05, 3.63) is 35.9 Å². The number of nitrogens with one attached hydrogen (secondary N) is 1. The Labute approximate surface area is 276 Å². The van der Waals surface area contributed by atoms with Gasteiger partial charge in [-0.15, -0.1) is 0 Å². The van der Waals surface area contributed by atoms with E-state index in [9.17, 15) is 35.4 Å². The molecule has 46 heavy (non-hydrogen) atoms. The minimum absolute atomic E-state index is 0.0162. The molecule has 1 aliphatic rings. The monoisotopic (exact) mass is 653 g/mol. The lowest BCUT2D eigenvalue weighted by Gasteiger charge is -2.40. The normalized spacial score (nSPS) is 25.0. The van der Waals surface area contributed by atoms with Crippen LogP contribution in [0.4, 0.5) is 0 Å². The molecule has 10 unspecified atom stereocenters. The zero-order valence-electron chi connectivity index (χ0n) is 28.4. The zero-order valence-corrected chi connectivity index (χ0v) is 28.4. The number of benzene rings is 1. The predicted molar refractivity (Wildman–Crippen MR) is 178 cm³/mol. The predicted octanol–water partition coefficient (Wildman–Crippen LogP) is 3.93. The van der Waals surface area contributed by atoms with Crippen LogP contribution in [0.2, 0.25) is 0 Å². The van der Waals surface area contributed by atoms with E-state index in [2.05, 4.69) is 12.2 Å². The van der Waals surface area contributed by atoms with Crippen LogP contribution in [0.1, 0.15) is 122 Å². The summed E-state index contributed by atoms with van der Waals surface area (Å²) in [7, 11) is 0. The third-order valence-electron chi connectivity index (χ3n) is 9.43. The molecular formula is C36H63NO9. The highest BCUT2D eigenvalue weighted by Crippen LogP contribution is 2.28. The number of ether oxygens (including phenoxy) is 2. The van der Waals surface area contributed by atoms with E-state index in [0.29, 0.717) is 6.42 Å². The molecule has 0 saturated carbocycles. The third kappa shape index (κ3) is 13.5. The van der Waals surface area contributed by atoms with Gasteiger partial charge >= 0.3 is 0 Å². The van der Waals surface area contributed by atoms with Crippen molar-refractivity contribution in [1.29, 1.82) is 0 Å². The SMILES string of the molecule is CCCCCCCCCCCCCCC(O)C(O)C(COC1OC(CO)C(O)C(O)C1O)NC(=O)C(c1ccccc1)C(C)CC. The van der Waals surface area contributed by atoms with E-state index < -0.39 is 61.5 Å². The van der Waals surface area contributed by atoms with Gasteiger partial charge in [-0.2, -0.15) is 0 Å². The van der Waals surface area contributed by atoms with Gasteiger partial charge in [0.1, 0.15) is 30.5 Å². The maximum absolute atomic E-state index is 13.7. The first-order valence-corrected chi connectivity index (χ1v) is 17.8. The molecule has 1 amide bonds. The molecule has 0 bridgehead atoms. The van der Waals surface area contributed by atoms with Gasteiger partial charge in [-0.25, -0.2) is 0 Å². The molecule has 1 saturated heterocycles. The molecule has 10 heteroatoms. The molecule has 1 heterocycles. The number of rotatable bonds is 24. The first-order chi connectivity index (χ1) is 22.2. The molecule has 7 N–H and O–H groups in total. The fraction of sp³-hybridized carbons (Fsp3) is 0.806. The van der Waals surface area contributed by atoms with Crippen LogP contribution in [-0.4, -0.2) is 98.7 Å². The summed E-state index contributed by atoms with van der Waals surface area (Å²) in [5, 5.41) is 65.4. The Morgan fingerprint density at radius 1 is 0.848 bits per heavy atom. The van der Waals surface area contributed by atoms with Crippen molar-refractivity contribution in [3.63, 3.8) is 0 Å². The van der Waals surface area contributed by atoms with Gasteiger partial charge in [-0.1, -0.05) is 135 Å². The van der Waals surface area contributed by atoms with Gasteiger partial charge in [-0.3, -0.25) is 4.79 Å². The number of aliphatic hydroxyl groups excluding tert-OH is 6. The highest BCUT2D eigenvalue weighted by atomic mass is 16.7. The quantitative estimate of drug-likeness (QED) is 0.0818. The lowest BCUT2D eigenvalue weighted by molar-refractivity contribution is -0.303. The van der Waals surface area contributed by atoms with Crippen molar-refractivity contribution in [2.75, 3.05) is 13.2 Å². The van der Waals surface area contributed by atoms with E-state index in [1.54, 1.807) is 0 Å². The number of carbonyl (C=O) groups excluding carboxylic acids is 1. The molecular weight excluding hydrogens is 590 g/mol. The van der Waals surface area contributed by atoms with Crippen LogP contribution in [0.5, 0.6) is 0 Å². The minimum atomic E-state index is -1.63. The molecule has 266 valence electrons. The van der Waals surface area contributed by atoms with E-state index >= 15 is 0 Å². The summed E-state index contributed by atoms with van der Waals surface area (Å²) in [5.41, 5.74) is 0.828. The fourth-order valence-electron chi connectivity index (χ4n) is 6.17. The average molecular weight is 654 g/mol. The second kappa shape index (κ2) is 22.9. The van der Waals surface area contributed by atoms with Crippen LogP contribution in [0.15, 0.2) is 30.3 Å². The summed E-state index contributed by atoms with van der Waals surface area (Å²) in [6.45, 7) is 5.25. The second-order valence-corrected chi connectivity index (χ2v) is 13.2. The third-order valence-corrected chi connectivity index (χ3v) is 9.43. The van der Waals surface area contributed by atoms with Crippen LogP contribution >= 0.6 is 0 Å². The fourth-order valence-corrected chi connectivity index (χ4v) is 6.17. The summed E-state index contributed by atoms with van der Waals surface area (Å²) in [6.07, 6.45) is 5.36. The van der Waals surface area contributed by atoms with E-state index in [-0.39, 0.29) is 18.4 Å². The lowest BCUT2D eigenvalue weighted by atomic mass is 9.84. The molecule has 1 aromatic rings. The molecule has 1 aromatic carbocycles. The minimum Gasteiger partial charge on any atom is -0.394 e.